The van der Waals surface area contributed by atoms with Crippen LogP contribution in [0.4, 0.5) is 0 Å². The molecule has 1 amide bonds. The molecule has 3 rings (SSSR count). The second-order valence-corrected chi connectivity index (χ2v) is 5.15. The second-order valence-electron chi connectivity index (χ2n) is 5.15. The van der Waals surface area contributed by atoms with Crippen molar-refractivity contribution in [3.05, 3.63) is 47.6 Å². The van der Waals surface area contributed by atoms with E-state index in [0.717, 1.165) is 36.4 Å². The highest BCUT2D eigenvalue weighted by atomic mass is 16.5. The minimum Gasteiger partial charge on any atom is -0.361 e. The number of amides is 1. The molecule has 104 valence electrons. The minimum absolute atomic E-state index is 0.0524. The number of carbonyl (C=O) groups excluding carboxylic acids is 1. The van der Waals surface area contributed by atoms with Gasteiger partial charge in [0.05, 0.1) is 12.5 Å². The van der Waals surface area contributed by atoms with Crippen molar-refractivity contribution < 1.29 is 9.32 Å². The average molecular weight is 271 g/mol. The van der Waals surface area contributed by atoms with Crippen molar-refractivity contribution in [1.29, 1.82) is 0 Å². The van der Waals surface area contributed by atoms with Crippen molar-refractivity contribution in [2.24, 2.45) is 0 Å². The maximum atomic E-state index is 12.4. The molecule has 0 unspecified atom stereocenters. The Morgan fingerprint density at radius 1 is 1.55 bits per heavy atom. The zero-order valence-corrected chi connectivity index (χ0v) is 11.5. The summed E-state index contributed by atoms with van der Waals surface area (Å²) in [5.74, 6) is 0.910. The summed E-state index contributed by atoms with van der Waals surface area (Å²) in [6.45, 7) is 2.66. The molecule has 3 heterocycles. The molecule has 1 aliphatic heterocycles. The lowest BCUT2D eigenvalue weighted by molar-refractivity contribution is -0.131. The van der Waals surface area contributed by atoms with E-state index in [1.165, 1.54) is 0 Å². The highest BCUT2D eigenvalue weighted by Crippen LogP contribution is 2.31. The van der Waals surface area contributed by atoms with Crippen LogP contribution in [0.3, 0.4) is 0 Å². The average Bonchev–Trinajstić information content (AvgIpc) is 3.08. The van der Waals surface area contributed by atoms with E-state index in [4.69, 9.17) is 4.52 Å². The Balaban J connectivity index is 1.73. The van der Waals surface area contributed by atoms with Crippen molar-refractivity contribution in [3.8, 4) is 0 Å². The lowest BCUT2D eigenvalue weighted by atomic mass is 10.1. The van der Waals surface area contributed by atoms with Gasteiger partial charge in [-0.2, -0.15) is 0 Å². The van der Waals surface area contributed by atoms with Crippen LogP contribution in [-0.2, 0) is 11.2 Å². The van der Waals surface area contributed by atoms with Gasteiger partial charge in [-0.3, -0.25) is 9.78 Å². The Morgan fingerprint density at radius 3 is 3.15 bits per heavy atom. The summed E-state index contributed by atoms with van der Waals surface area (Å²) in [4.78, 5) is 18.4. The molecule has 0 bridgehead atoms. The maximum Gasteiger partial charge on any atom is 0.227 e. The molecular weight excluding hydrogens is 254 g/mol. The first-order valence-corrected chi connectivity index (χ1v) is 6.85. The van der Waals surface area contributed by atoms with Gasteiger partial charge in [-0.1, -0.05) is 11.2 Å². The number of likely N-dealkylation sites (tertiary alicyclic amines) is 1. The topological polar surface area (TPSA) is 59.2 Å². The largest absolute Gasteiger partial charge is 0.361 e. The molecule has 5 heteroatoms. The molecule has 0 aromatic carbocycles. The van der Waals surface area contributed by atoms with E-state index in [9.17, 15) is 4.79 Å². The van der Waals surface area contributed by atoms with Crippen molar-refractivity contribution >= 4 is 5.91 Å². The van der Waals surface area contributed by atoms with Crippen LogP contribution >= 0.6 is 0 Å². The summed E-state index contributed by atoms with van der Waals surface area (Å²) >= 11 is 0. The fourth-order valence-corrected chi connectivity index (χ4v) is 2.69. The molecule has 1 fully saturated rings. The maximum absolute atomic E-state index is 12.4. The van der Waals surface area contributed by atoms with Crippen molar-refractivity contribution in [1.82, 2.24) is 15.0 Å². The van der Waals surface area contributed by atoms with Crippen LogP contribution in [0.1, 0.15) is 35.9 Å². The molecule has 2 aromatic heterocycles. The molecule has 5 nitrogen and oxygen atoms in total. The Morgan fingerprint density at radius 2 is 2.45 bits per heavy atom. The lowest BCUT2D eigenvalue weighted by Crippen LogP contribution is -2.32. The van der Waals surface area contributed by atoms with Crippen LogP contribution in [0.15, 0.2) is 35.1 Å². The van der Waals surface area contributed by atoms with Gasteiger partial charge in [-0.05, 0) is 31.4 Å². The smallest absolute Gasteiger partial charge is 0.227 e. The van der Waals surface area contributed by atoms with Crippen LogP contribution in [0.2, 0.25) is 0 Å². The molecule has 0 radical (unpaired) electrons. The molecule has 0 saturated carbocycles. The Kier molecular flexibility index (Phi) is 3.50. The van der Waals surface area contributed by atoms with Crippen LogP contribution < -0.4 is 0 Å². The summed E-state index contributed by atoms with van der Waals surface area (Å²) < 4.78 is 5.13. The van der Waals surface area contributed by atoms with Gasteiger partial charge in [0.25, 0.3) is 0 Å². The number of aryl methyl sites for hydroxylation is 1. The number of rotatable bonds is 3. The van der Waals surface area contributed by atoms with E-state index in [0.29, 0.717) is 6.42 Å². The van der Waals surface area contributed by atoms with Gasteiger partial charge in [0.1, 0.15) is 11.5 Å². The van der Waals surface area contributed by atoms with Crippen LogP contribution in [-0.4, -0.2) is 27.5 Å². The van der Waals surface area contributed by atoms with Crippen LogP contribution in [0.5, 0.6) is 0 Å². The monoisotopic (exact) mass is 271 g/mol. The van der Waals surface area contributed by atoms with E-state index in [1.54, 1.807) is 12.4 Å². The molecule has 20 heavy (non-hydrogen) atoms. The molecule has 1 aliphatic rings. The van der Waals surface area contributed by atoms with Crippen molar-refractivity contribution in [2.75, 3.05) is 6.54 Å². The highest BCUT2D eigenvalue weighted by molar-refractivity contribution is 5.79. The normalized spacial score (nSPS) is 18.4. The number of carbonyl (C=O) groups is 1. The fraction of sp³-hybridized carbons (Fsp3) is 0.400. The van der Waals surface area contributed by atoms with E-state index in [1.807, 2.05) is 30.0 Å². The molecule has 1 saturated heterocycles. The summed E-state index contributed by atoms with van der Waals surface area (Å²) in [7, 11) is 0. The number of hydrogen-bond acceptors (Lipinski definition) is 4. The van der Waals surface area contributed by atoms with E-state index in [2.05, 4.69) is 10.1 Å². The van der Waals surface area contributed by atoms with Gasteiger partial charge in [0.15, 0.2) is 0 Å². The van der Waals surface area contributed by atoms with Gasteiger partial charge >= 0.3 is 0 Å². The fourth-order valence-electron chi connectivity index (χ4n) is 2.69. The Hall–Kier alpha value is -2.17. The summed E-state index contributed by atoms with van der Waals surface area (Å²) in [5, 5.41) is 4.06. The predicted octanol–water partition coefficient (Wildman–Crippen LogP) is 2.28. The standard InChI is InChI=1S/C15H17N3O2/c1-11-8-13(17-20-11)14-5-3-7-18(14)15(19)9-12-4-2-6-16-10-12/h2,4,6,8,10,14H,3,5,7,9H2,1H3/t14-/m1/s1. The first-order chi connectivity index (χ1) is 9.74. The zero-order chi connectivity index (χ0) is 13.9. The third-order valence-corrected chi connectivity index (χ3v) is 3.64. The van der Waals surface area contributed by atoms with E-state index >= 15 is 0 Å². The van der Waals surface area contributed by atoms with Gasteiger partial charge < -0.3 is 9.42 Å². The number of nitrogens with zero attached hydrogens (tertiary/aromatic N) is 3. The zero-order valence-electron chi connectivity index (χ0n) is 11.5. The Bertz CT molecular complexity index is 594. The highest BCUT2D eigenvalue weighted by Gasteiger charge is 2.31. The summed E-state index contributed by atoms with van der Waals surface area (Å²) in [6, 6.07) is 5.75. The third-order valence-electron chi connectivity index (χ3n) is 3.64. The SMILES string of the molecule is Cc1cc([C@H]2CCCN2C(=O)Cc2cccnc2)no1. The van der Waals surface area contributed by atoms with Crippen molar-refractivity contribution in [3.63, 3.8) is 0 Å². The van der Waals surface area contributed by atoms with Crippen LogP contribution in [0.25, 0.3) is 0 Å². The first kappa shape index (κ1) is 12.8. The van der Waals surface area contributed by atoms with Gasteiger partial charge in [-0.15, -0.1) is 0 Å². The second kappa shape index (κ2) is 5.45. The molecule has 1 atom stereocenters. The number of hydrogen-bond donors (Lipinski definition) is 0. The summed E-state index contributed by atoms with van der Waals surface area (Å²) in [5.41, 5.74) is 1.80. The predicted molar refractivity (Wildman–Crippen MR) is 72.9 cm³/mol. The first-order valence-electron chi connectivity index (χ1n) is 6.85. The Labute approximate surface area is 117 Å². The number of aromatic nitrogens is 2. The van der Waals surface area contributed by atoms with E-state index in [-0.39, 0.29) is 11.9 Å². The van der Waals surface area contributed by atoms with Crippen molar-refractivity contribution in [2.45, 2.75) is 32.2 Å². The molecule has 0 spiro atoms. The lowest BCUT2D eigenvalue weighted by Gasteiger charge is -2.23. The minimum atomic E-state index is 0.0524. The molecule has 0 aliphatic carbocycles. The molecular formula is C15H17N3O2. The van der Waals surface area contributed by atoms with Gasteiger partial charge in [0.2, 0.25) is 5.91 Å². The molecule has 2 aromatic rings. The summed E-state index contributed by atoms with van der Waals surface area (Å²) in [6.07, 6.45) is 5.80. The quantitative estimate of drug-likeness (QED) is 0.859. The van der Waals surface area contributed by atoms with Crippen LogP contribution in [0, 0.1) is 6.92 Å². The van der Waals surface area contributed by atoms with Gasteiger partial charge in [0, 0.05) is 25.0 Å². The van der Waals surface area contributed by atoms with Gasteiger partial charge in [-0.25, -0.2) is 0 Å². The third kappa shape index (κ3) is 2.57. The van der Waals surface area contributed by atoms with E-state index < -0.39 is 0 Å². The molecule has 0 N–H and O–H groups in total. The number of pyridine rings is 1.